The predicted octanol–water partition coefficient (Wildman–Crippen LogP) is 0.532. The van der Waals surface area contributed by atoms with E-state index in [9.17, 15) is 8.42 Å². The first-order chi connectivity index (χ1) is 8.88. The molecular formula is C10H13N5O3S. The van der Waals surface area contributed by atoms with Crippen molar-refractivity contribution in [3.05, 3.63) is 11.6 Å². The largest absolute Gasteiger partial charge is 0.437 e. The monoisotopic (exact) mass is 283 g/mol. The number of hydrogen-bond acceptors (Lipinski definition) is 6. The molecule has 1 fully saturated rings. The summed E-state index contributed by atoms with van der Waals surface area (Å²) >= 11 is 0. The van der Waals surface area contributed by atoms with E-state index in [0.29, 0.717) is 23.2 Å². The van der Waals surface area contributed by atoms with E-state index < -0.39 is 10.0 Å². The van der Waals surface area contributed by atoms with Crippen molar-refractivity contribution in [2.24, 2.45) is 5.14 Å². The first kappa shape index (κ1) is 12.3. The lowest BCUT2D eigenvalue weighted by Crippen LogP contribution is -2.18. The Morgan fingerprint density at radius 3 is 2.47 bits per heavy atom. The summed E-state index contributed by atoms with van der Waals surface area (Å²) in [5.74, 6) is 1.30. The Hall–Kier alpha value is -1.74. The number of hydrogen-bond donors (Lipinski definition) is 1. The van der Waals surface area contributed by atoms with Crippen molar-refractivity contribution >= 4 is 10.0 Å². The molecule has 9 heteroatoms. The van der Waals surface area contributed by atoms with Gasteiger partial charge in [0.1, 0.15) is 0 Å². The Morgan fingerprint density at radius 2 is 2.00 bits per heavy atom. The van der Waals surface area contributed by atoms with Gasteiger partial charge in [-0.1, -0.05) is 0 Å². The van der Waals surface area contributed by atoms with Crippen molar-refractivity contribution in [2.75, 3.05) is 0 Å². The lowest BCUT2D eigenvalue weighted by Gasteiger charge is -2.05. The zero-order valence-corrected chi connectivity index (χ0v) is 11.3. The zero-order chi connectivity index (χ0) is 13.8. The molecule has 2 aromatic heterocycles. The second-order valence-electron chi connectivity index (χ2n) is 4.60. The molecule has 1 saturated carbocycles. The highest BCUT2D eigenvalue weighted by molar-refractivity contribution is 7.89. The number of nitrogens with two attached hydrogens (primary N) is 1. The van der Waals surface area contributed by atoms with Crippen molar-refractivity contribution in [1.29, 1.82) is 0 Å². The van der Waals surface area contributed by atoms with Gasteiger partial charge in [0, 0.05) is 13.0 Å². The molecule has 0 spiro atoms. The number of nitrogens with zero attached hydrogens (tertiary/aromatic N) is 4. The molecule has 0 unspecified atom stereocenters. The third-order valence-corrected chi connectivity index (χ3v) is 3.72. The van der Waals surface area contributed by atoms with E-state index >= 15 is 0 Å². The van der Waals surface area contributed by atoms with Gasteiger partial charge in [0.05, 0.1) is 5.69 Å². The van der Waals surface area contributed by atoms with Crippen LogP contribution in [0.2, 0.25) is 0 Å². The number of aryl methyl sites for hydroxylation is 2. The van der Waals surface area contributed by atoms with Crippen LogP contribution in [0.1, 0.15) is 30.5 Å². The molecule has 1 aliphatic rings. The van der Waals surface area contributed by atoms with Crippen molar-refractivity contribution < 1.29 is 12.8 Å². The third kappa shape index (κ3) is 2.04. The Balaban J connectivity index is 2.23. The Morgan fingerprint density at radius 1 is 1.32 bits per heavy atom. The van der Waals surface area contributed by atoms with Crippen molar-refractivity contribution in [2.45, 2.75) is 37.9 Å². The summed E-state index contributed by atoms with van der Waals surface area (Å²) in [6, 6.07) is 0.0585. The van der Waals surface area contributed by atoms with Gasteiger partial charge in [0.15, 0.2) is 11.7 Å². The fourth-order valence-electron chi connectivity index (χ4n) is 2.03. The molecule has 0 aromatic carbocycles. The van der Waals surface area contributed by atoms with Gasteiger partial charge in [-0.25, -0.2) is 18.5 Å². The van der Waals surface area contributed by atoms with Crippen LogP contribution in [0.25, 0.3) is 11.6 Å². The van der Waals surface area contributed by atoms with E-state index in [4.69, 9.17) is 9.56 Å². The van der Waals surface area contributed by atoms with E-state index in [0.717, 1.165) is 12.8 Å². The summed E-state index contributed by atoms with van der Waals surface area (Å²) in [6.07, 6.45) is 1.75. The summed E-state index contributed by atoms with van der Waals surface area (Å²) < 4.78 is 30.1. The number of aromatic nitrogens is 4. The number of primary sulfonamides is 1. The molecule has 1 aliphatic carbocycles. The minimum atomic E-state index is -3.90. The van der Waals surface area contributed by atoms with E-state index in [2.05, 4.69) is 15.2 Å². The minimum absolute atomic E-state index is 0.0585. The maximum atomic E-state index is 11.5. The van der Waals surface area contributed by atoms with E-state index in [-0.39, 0.29) is 11.2 Å². The molecule has 2 heterocycles. The average molecular weight is 283 g/mol. The first-order valence-corrected chi connectivity index (χ1v) is 7.34. The average Bonchev–Trinajstić information content (AvgIpc) is 2.93. The molecule has 0 aliphatic heterocycles. The smallest absolute Gasteiger partial charge is 0.273 e. The van der Waals surface area contributed by atoms with E-state index in [1.54, 1.807) is 13.8 Å². The summed E-state index contributed by atoms with van der Waals surface area (Å²) in [5, 5.41) is 12.5. The van der Waals surface area contributed by atoms with Gasteiger partial charge in [0.25, 0.3) is 15.2 Å². The molecular weight excluding hydrogens is 270 g/mol. The molecule has 19 heavy (non-hydrogen) atoms. The highest BCUT2D eigenvalue weighted by Crippen LogP contribution is 2.40. The maximum absolute atomic E-state index is 11.5. The van der Waals surface area contributed by atoms with Crippen LogP contribution in [0.5, 0.6) is 0 Å². The molecule has 0 atom stereocenters. The number of sulfonamides is 1. The van der Waals surface area contributed by atoms with Crippen molar-refractivity contribution in [3.63, 3.8) is 0 Å². The zero-order valence-electron chi connectivity index (χ0n) is 10.5. The molecule has 0 radical (unpaired) electrons. The van der Waals surface area contributed by atoms with Gasteiger partial charge in [-0.2, -0.15) is 0 Å². The molecule has 2 N–H and O–H groups in total. The second kappa shape index (κ2) is 3.87. The van der Waals surface area contributed by atoms with Crippen LogP contribution in [0.3, 0.4) is 0 Å². The van der Waals surface area contributed by atoms with Crippen LogP contribution in [0.15, 0.2) is 9.57 Å². The highest BCUT2D eigenvalue weighted by atomic mass is 32.2. The summed E-state index contributed by atoms with van der Waals surface area (Å²) in [5.41, 5.74) is 0.646. The van der Waals surface area contributed by atoms with E-state index in [1.165, 1.54) is 4.57 Å². The van der Waals surface area contributed by atoms with Crippen LogP contribution in [0.4, 0.5) is 0 Å². The van der Waals surface area contributed by atoms with Crippen LogP contribution in [-0.2, 0) is 10.0 Å². The van der Waals surface area contributed by atoms with Gasteiger partial charge < -0.3 is 4.42 Å². The lowest BCUT2D eigenvalue weighted by molar-refractivity contribution is 0.521. The lowest BCUT2D eigenvalue weighted by atomic mass is 10.3. The SMILES string of the molecule is Cc1nc(C)c(-c2nnc(S(N)(=O)=O)n2C2CC2)o1. The van der Waals surface area contributed by atoms with E-state index in [1.807, 2.05) is 0 Å². The normalized spacial score (nSPS) is 15.9. The Kier molecular flexibility index (Phi) is 2.51. The fourth-order valence-corrected chi connectivity index (χ4v) is 2.69. The minimum Gasteiger partial charge on any atom is -0.437 e. The molecule has 0 saturated heterocycles. The van der Waals surface area contributed by atoms with Crippen molar-refractivity contribution in [3.8, 4) is 11.6 Å². The highest BCUT2D eigenvalue weighted by Gasteiger charge is 2.35. The van der Waals surface area contributed by atoms with Gasteiger partial charge in [-0.3, -0.25) is 4.57 Å². The first-order valence-electron chi connectivity index (χ1n) is 5.80. The number of oxazole rings is 1. The van der Waals surface area contributed by atoms with Gasteiger partial charge in [0.2, 0.25) is 5.82 Å². The molecule has 2 aromatic rings. The third-order valence-electron chi connectivity index (χ3n) is 2.94. The predicted molar refractivity (Wildman–Crippen MR) is 64.6 cm³/mol. The standard InChI is InChI=1S/C10H13N5O3S/c1-5-8(18-6(2)12-5)9-13-14-10(19(11,16)17)15(9)7-3-4-7/h7H,3-4H2,1-2H3,(H2,11,16,17). The summed E-state index contributed by atoms with van der Waals surface area (Å²) in [7, 11) is -3.90. The molecule has 3 rings (SSSR count). The van der Waals surface area contributed by atoms with Gasteiger partial charge in [-0.15, -0.1) is 10.2 Å². The molecule has 0 bridgehead atoms. The molecule has 8 nitrogen and oxygen atoms in total. The second-order valence-corrected chi connectivity index (χ2v) is 6.05. The van der Waals surface area contributed by atoms with Crippen LogP contribution >= 0.6 is 0 Å². The van der Waals surface area contributed by atoms with Crippen LogP contribution in [0, 0.1) is 13.8 Å². The number of rotatable bonds is 3. The summed E-state index contributed by atoms with van der Waals surface area (Å²) in [6.45, 7) is 3.49. The molecule has 102 valence electrons. The summed E-state index contributed by atoms with van der Waals surface area (Å²) in [4.78, 5) is 4.15. The quantitative estimate of drug-likeness (QED) is 0.878. The van der Waals surface area contributed by atoms with Gasteiger partial charge >= 0.3 is 0 Å². The molecule has 0 amide bonds. The van der Waals surface area contributed by atoms with Crippen LogP contribution in [-0.4, -0.2) is 28.2 Å². The topological polar surface area (TPSA) is 117 Å². The Labute approximate surface area is 109 Å². The van der Waals surface area contributed by atoms with Gasteiger partial charge in [-0.05, 0) is 19.8 Å². The van der Waals surface area contributed by atoms with Crippen LogP contribution < -0.4 is 5.14 Å². The maximum Gasteiger partial charge on any atom is 0.273 e. The fraction of sp³-hybridized carbons (Fsp3) is 0.500. The Bertz CT molecular complexity index is 741. The van der Waals surface area contributed by atoms with Crippen molar-refractivity contribution in [1.82, 2.24) is 19.7 Å².